The average molecular weight is 159 g/mol. The van der Waals surface area contributed by atoms with Crippen LogP contribution < -0.4 is 5.32 Å². The van der Waals surface area contributed by atoms with Crippen molar-refractivity contribution in [3.63, 3.8) is 0 Å². The minimum atomic E-state index is -0.560. The molecule has 0 aliphatic heterocycles. The molecule has 0 atom stereocenters. The topological polar surface area (TPSA) is 38.3 Å². The third kappa shape index (κ3) is 3.37. The summed E-state index contributed by atoms with van der Waals surface area (Å²) >= 11 is 0. The first kappa shape index (κ1) is 10.4. The summed E-state index contributed by atoms with van der Waals surface area (Å²) in [7, 11) is 1.74. The normalized spacial score (nSPS) is 11.3. The lowest BCUT2D eigenvalue weighted by atomic mass is 10.1. The SMILES string of the molecule is CCCOC(=O)C(C)(C)NC. The van der Waals surface area contributed by atoms with Crippen molar-refractivity contribution in [1.82, 2.24) is 5.32 Å². The smallest absolute Gasteiger partial charge is 0.325 e. The summed E-state index contributed by atoms with van der Waals surface area (Å²) in [5.41, 5.74) is -0.560. The van der Waals surface area contributed by atoms with Gasteiger partial charge in [-0.3, -0.25) is 4.79 Å². The average Bonchev–Trinajstić information content (AvgIpc) is 2.00. The summed E-state index contributed by atoms with van der Waals surface area (Å²) in [6.45, 7) is 6.07. The van der Waals surface area contributed by atoms with E-state index in [0.717, 1.165) is 6.42 Å². The molecular formula is C8H17NO2. The minimum absolute atomic E-state index is 0.193. The molecule has 0 rings (SSSR count). The van der Waals surface area contributed by atoms with Crippen LogP contribution in [0.4, 0.5) is 0 Å². The summed E-state index contributed by atoms with van der Waals surface area (Å²) in [6, 6.07) is 0. The number of carbonyl (C=O) groups excluding carboxylic acids is 1. The number of hydrogen-bond acceptors (Lipinski definition) is 3. The van der Waals surface area contributed by atoms with E-state index in [1.54, 1.807) is 20.9 Å². The van der Waals surface area contributed by atoms with Crippen LogP contribution in [-0.2, 0) is 9.53 Å². The molecule has 1 N–H and O–H groups in total. The quantitative estimate of drug-likeness (QED) is 0.620. The Balaban J connectivity index is 3.82. The number of esters is 1. The van der Waals surface area contributed by atoms with Gasteiger partial charge in [-0.1, -0.05) is 6.92 Å². The highest BCUT2D eigenvalue weighted by atomic mass is 16.5. The van der Waals surface area contributed by atoms with Crippen LogP contribution in [0.25, 0.3) is 0 Å². The van der Waals surface area contributed by atoms with Crippen molar-refractivity contribution >= 4 is 5.97 Å². The molecule has 0 aromatic rings. The highest BCUT2D eigenvalue weighted by Crippen LogP contribution is 2.03. The van der Waals surface area contributed by atoms with Gasteiger partial charge >= 0.3 is 5.97 Å². The Morgan fingerprint density at radius 3 is 2.45 bits per heavy atom. The van der Waals surface area contributed by atoms with Crippen LogP contribution in [0.2, 0.25) is 0 Å². The molecule has 0 saturated carbocycles. The van der Waals surface area contributed by atoms with Gasteiger partial charge in [-0.05, 0) is 27.3 Å². The molecule has 3 nitrogen and oxygen atoms in total. The molecule has 0 radical (unpaired) electrons. The first-order valence-corrected chi connectivity index (χ1v) is 3.90. The number of nitrogens with one attached hydrogen (secondary N) is 1. The molecule has 0 aromatic carbocycles. The molecule has 0 aromatic heterocycles. The van der Waals surface area contributed by atoms with E-state index in [0.29, 0.717) is 6.61 Å². The zero-order valence-electron chi connectivity index (χ0n) is 7.73. The van der Waals surface area contributed by atoms with Crippen LogP contribution in [0, 0.1) is 0 Å². The first-order valence-electron chi connectivity index (χ1n) is 3.90. The number of ether oxygens (including phenoxy) is 1. The van der Waals surface area contributed by atoms with Crippen molar-refractivity contribution in [2.75, 3.05) is 13.7 Å². The maximum Gasteiger partial charge on any atom is 0.325 e. The lowest BCUT2D eigenvalue weighted by Gasteiger charge is -2.21. The highest BCUT2D eigenvalue weighted by Gasteiger charge is 2.26. The van der Waals surface area contributed by atoms with E-state index in [1.807, 2.05) is 6.92 Å². The largest absolute Gasteiger partial charge is 0.464 e. The Morgan fingerprint density at radius 1 is 1.55 bits per heavy atom. The van der Waals surface area contributed by atoms with Crippen LogP contribution in [-0.4, -0.2) is 25.2 Å². The van der Waals surface area contributed by atoms with E-state index < -0.39 is 5.54 Å². The van der Waals surface area contributed by atoms with Gasteiger partial charge in [0.15, 0.2) is 0 Å². The van der Waals surface area contributed by atoms with Crippen molar-refractivity contribution in [2.24, 2.45) is 0 Å². The van der Waals surface area contributed by atoms with E-state index in [-0.39, 0.29) is 5.97 Å². The number of carbonyl (C=O) groups is 1. The van der Waals surface area contributed by atoms with Crippen LogP contribution in [0.1, 0.15) is 27.2 Å². The predicted molar refractivity (Wildman–Crippen MR) is 44.4 cm³/mol. The van der Waals surface area contributed by atoms with Gasteiger partial charge in [-0.25, -0.2) is 0 Å². The van der Waals surface area contributed by atoms with Gasteiger partial charge in [0.05, 0.1) is 6.61 Å². The highest BCUT2D eigenvalue weighted by molar-refractivity contribution is 5.79. The van der Waals surface area contributed by atoms with E-state index in [1.165, 1.54) is 0 Å². The molecule has 0 unspecified atom stereocenters. The van der Waals surface area contributed by atoms with Gasteiger partial charge in [0.1, 0.15) is 5.54 Å². The lowest BCUT2D eigenvalue weighted by molar-refractivity contribution is -0.150. The molecule has 0 heterocycles. The van der Waals surface area contributed by atoms with E-state index in [9.17, 15) is 4.79 Å². The molecule has 11 heavy (non-hydrogen) atoms. The van der Waals surface area contributed by atoms with Gasteiger partial charge in [-0.2, -0.15) is 0 Å². The van der Waals surface area contributed by atoms with Gasteiger partial charge in [0.2, 0.25) is 0 Å². The van der Waals surface area contributed by atoms with Crippen LogP contribution >= 0.6 is 0 Å². The molecular weight excluding hydrogens is 142 g/mol. The van der Waals surface area contributed by atoms with Crippen LogP contribution in [0.15, 0.2) is 0 Å². The predicted octanol–water partition coefficient (Wildman–Crippen LogP) is 0.938. The summed E-state index contributed by atoms with van der Waals surface area (Å²) in [4.78, 5) is 11.2. The van der Waals surface area contributed by atoms with Gasteiger partial charge in [0.25, 0.3) is 0 Å². The third-order valence-electron chi connectivity index (χ3n) is 1.57. The van der Waals surface area contributed by atoms with Gasteiger partial charge in [0, 0.05) is 0 Å². The van der Waals surface area contributed by atoms with E-state index in [4.69, 9.17) is 4.74 Å². The maximum atomic E-state index is 11.2. The summed E-state index contributed by atoms with van der Waals surface area (Å²) < 4.78 is 4.95. The van der Waals surface area contributed by atoms with Crippen molar-refractivity contribution < 1.29 is 9.53 Å². The van der Waals surface area contributed by atoms with Crippen LogP contribution in [0.3, 0.4) is 0 Å². The zero-order chi connectivity index (χ0) is 8.91. The van der Waals surface area contributed by atoms with Crippen molar-refractivity contribution in [3.8, 4) is 0 Å². The van der Waals surface area contributed by atoms with Crippen molar-refractivity contribution in [2.45, 2.75) is 32.7 Å². The van der Waals surface area contributed by atoms with Gasteiger partial charge in [-0.15, -0.1) is 0 Å². The fraction of sp³-hybridized carbons (Fsp3) is 0.875. The second-order valence-corrected chi connectivity index (χ2v) is 3.01. The molecule has 66 valence electrons. The summed E-state index contributed by atoms with van der Waals surface area (Å²) in [6.07, 6.45) is 0.867. The van der Waals surface area contributed by atoms with Crippen molar-refractivity contribution in [3.05, 3.63) is 0 Å². The second kappa shape index (κ2) is 4.34. The second-order valence-electron chi connectivity index (χ2n) is 3.01. The number of hydrogen-bond donors (Lipinski definition) is 1. The third-order valence-corrected chi connectivity index (χ3v) is 1.57. The fourth-order valence-electron chi connectivity index (χ4n) is 0.477. The van der Waals surface area contributed by atoms with Gasteiger partial charge < -0.3 is 10.1 Å². The lowest BCUT2D eigenvalue weighted by Crippen LogP contribution is -2.45. The first-order chi connectivity index (χ1) is 5.04. The maximum absolute atomic E-state index is 11.2. The molecule has 3 heteroatoms. The zero-order valence-corrected chi connectivity index (χ0v) is 7.73. The number of likely N-dealkylation sites (N-methyl/N-ethyl adjacent to an activating group) is 1. The Hall–Kier alpha value is -0.570. The Bertz CT molecular complexity index is 132. The fourth-order valence-corrected chi connectivity index (χ4v) is 0.477. The molecule has 0 bridgehead atoms. The summed E-state index contributed by atoms with van der Waals surface area (Å²) in [5, 5.41) is 2.88. The molecule has 0 spiro atoms. The van der Waals surface area contributed by atoms with Crippen molar-refractivity contribution in [1.29, 1.82) is 0 Å². The van der Waals surface area contributed by atoms with E-state index in [2.05, 4.69) is 5.32 Å². The minimum Gasteiger partial charge on any atom is -0.464 e. The summed E-state index contributed by atoms with van der Waals surface area (Å²) in [5.74, 6) is -0.193. The number of rotatable bonds is 4. The Labute approximate surface area is 68.1 Å². The molecule has 0 saturated heterocycles. The monoisotopic (exact) mass is 159 g/mol. The standard InChI is InChI=1S/C8H17NO2/c1-5-6-11-7(10)8(2,3)9-4/h9H,5-6H2,1-4H3. The Kier molecular flexibility index (Phi) is 4.11. The molecule has 0 fully saturated rings. The van der Waals surface area contributed by atoms with E-state index >= 15 is 0 Å². The molecule has 0 amide bonds. The molecule has 0 aliphatic carbocycles. The Morgan fingerprint density at radius 2 is 2.09 bits per heavy atom. The van der Waals surface area contributed by atoms with Crippen LogP contribution in [0.5, 0.6) is 0 Å². The molecule has 0 aliphatic rings.